The van der Waals surface area contributed by atoms with Crippen molar-refractivity contribution < 1.29 is 9.90 Å². The topological polar surface area (TPSA) is 106 Å². The minimum absolute atomic E-state index is 0.0255. The number of halogens is 1. The number of nitrogens with one attached hydrogen (secondary N) is 1. The van der Waals surface area contributed by atoms with Gasteiger partial charge in [0, 0.05) is 12.2 Å². The number of carboxylic acid groups (broad SMARTS) is 1. The molecule has 8 heteroatoms. The second kappa shape index (κ2) is 5.79. The van der Waals surface area contributed by atoms with E-state index in [-0.39, 0.29) is 10.6 Å². The van der Waals surface area contributed by atoms with Gasteiger partial charge in [0.05, 0.1) is 22.8 Å². The van der Waals surface area contributed by atoms with Crippen molar-refractivity contribution in [2.24, 2.45) is 0 Å². The Labute approximate surface area is 120 Å². The standard InChI is InChI=1S/C12H14ClN5O2/c1-2-18-6-16-17-10(18)5-15-11-8(12(19)20)3-7(14)4-9(11)13/h3-4,6,15H,2,5,14H2,1H3,(H,19,20). The molecule has 0 bridgehead atoms. The molecule has 0 saturated heterocycles. The summed E-state index contributed by atoms with van der Waals surface area (Å²) in [5.41, 5.74) is 6.25. The molecule has 0 amide bonds. The normalized spacial score (nSPS) is 10.5. The van der Waals surface area contributed by atoms with Crippen LogP contribution in [0, 0.1) is 0 Å². The third-order valence-corrected chi connectivity index (χ3v) is 3.10. The maximum atomic E-state index is 11.2. The zero-order valence-electron chi connectivity index (χ0n) is 10.8. The van der Waals surface area contributed by atoms with Crippen molar-refractivity contribution in [2.75, 3.05) is 11.1 Å². The summed E-state index contributed by atoms with van der Waals surface area (Å²) in [6.07, 6.45) is 1.61. The van der Waals surface area contributed by atoms with Crippen molar-refractivity contribution in [3.05, 3.63) is 34.9 Å². The van der Waals surface area contributed by atoms with Gasteiger partial charge in [-0.05, 0) is 19.1 Å². The van der Waals surface area contributed by atoms with E-state index in [1.54, 1.807) is 6.33 Å². The highest BCUT2D eigenvalue weighted by molar-refractivity contribution is 6.34. The second-order valence-corrected chi connectivity index (χ2v) is 4.52. The number of aromatic nitrogens is 3. The van der Waals surface area contributed by atoms with Gasteiger partial charge in [-0.3, -0.25) is 0 Å². The van der Waals surface area contributed by atoms with Crippen LogP contribution < -0.4 is 11.1 Å². The number of benzene rings is 1. The molecule has 1 aromatic carbocycles. The van der Waals surface area contributed by atoms with Gasteiger partial charge in [0.2, 0.25) is 0 Å². The van der Waals surface area contributed by atoms with E-state index in [1.165, 1.54) is 12.1 Å². The zero-order chi connectivity index (χ0) is 14.7. The van der Waals surface area contributed by atoms with Gasteiger partial charge in [-0.2, -0.15) is 0 Å². The fourth-order valence-electron chi connectivity index (χ4n) is 1.82. The molecule has 0 aliphatic rings. The number of aromatic carboxylic acids is 1. The molecule has 1 aromatic heterocycles. The van der Waals surface area contributed by atoms with Crippen molar-refractivity contribution in [1.29, 1.82) is 0 Å². The van der Waals surface area contributed by atoms with E-state index < -0.39 is 5.97 Å². The molecule has 0 aliphatic carbocycles. The number of hydrogen-bond donors (Lipinski definition) is 3. The maximum absolute atomic E-state index is 11.2. The number of nitrogens with zero attached hydrogens (tertiary/aromatic N) is 3. The molecule has 2 rings (SSSR count). The van der Waals surface area contributed by atoms with Crippen molar-refractivity contribution in [3.63, 3.8) is 0 Å². The predicted molar refractivity (Wildman–Crippen MR) is 75.8 cm³/mol. The monoisotopic (exact) mass is 295 g/mol. The van der Waals surface area contributed by atoms with Crippen LogP contribution in [-0.4, -0.2) is 25.8 Å². The number of aryl methyl sites for hydroxylation is 1. The molecular formula is C12H14ClN5O2. The number of carbonyl (C=O) groups is 1. The Morgan fingerprint density at radius 3 is 2.95 bits per heavy atom. The minimum atomic E-state index is -1.10. The lowest BCUT2D eigenvalue weighted by atomic mass is 10.1. The fraction of sp³-hybridized carbons (Fsp3) is 0.250. The number of anilines is 2. The Kier molecular flexibility index (Phi) is 4.09. The molecule has 20 heavy (non-hydrogen) atoms. The van der Waals surface area contributed by atoms with Crippen molar-refractivity contribution in [1.82, 2.24) is 14.8 Å². The van der Waals surface area contributed by atoms with Gasteiger partial charge in [-0.15, -0.1) is 10.2 Å². The first kappa shape index (κ1) is 14.1. The molecule has 106 valence electrons. The Balaban J connectivity index is 2.27. The van der Waals surface area contributed by atoms with E-state index in [4.69, 9.17) is 17.3 Å². The molecule has 0 aliphatic heterocycles. The molecule has 4 N–H and O–H groups in total. The van der Waals surface area contributed by atoms with E-state index >= 15 is 0 Å². The third-order valence-electron chi connectivity index (χ3n) is 2.80. The molecule has 0 atom stereocenters. The Hall–Kier alpha value is -2.28. The minimum Gasteiger partial charge on any atom is -0.478 e. The van der Waals surface area contributed by atoms with Crippen LogP contribution in [0.15, 0.2) is 18.5 Å². The molecule has 0 unspecified atom stereocenters. The van der Waals surface area contributed by atoms with Gasteiger partial charge < -0.3 is 20.7 Å². The van der Waals surface area contributed by atoms with Crippen molar-refractivity contribution >= 4 is 28.9 Å². The Morgan fingerprint density at radius 2 is 2.30 bits per heavy atom. The van der Waals surface area contributed by atoms with Crippen LogP contribution in [0.1, 0.15) is 23.1 Å². The van der Waals surface area contributed by atoms with Gasteiger partial charge in [0.15, 0.2) is 5.82 Å². The van der Waals surface area contributed by atoms with E-state index in [0.717, 1.165) is 6.54 Å². The summed E-state index contributed by atoms with van der Waals surface area (Å²) in [5.74, 6) is -0.407. The van der Waals surface area contributed by atoms with E-state index in [9.17, 15) is 9.90 Å². The summed E-state index contributed by atoms with van der Waals surface area (Å²) >= 11 is 6.04. The lowest BCUT2D eigenvalue weighted by molar-refractivity contribution is 0.0698. The molecule has 7 nitrogen and oxygen atoms in total. The average Bonchev–Trinajstić information content (AvgIpc) is 2.84. The van der Waals surface area contributed by atoms with Crippen molar-refractivity contribution in [2.45, 2.75) is 20.0 Å². The van der Waals surface area contributed by atoms with Gasteiger partial charge in [0.1, 0.15) is 6.33 Å². The average molecular weight is 296 g/mol. The number of nitrogens with two attached hydrogens (primary N) is 1. The zero-order valence-corrected chi connectivity index (χ0v) is 11.6. The van der Waals surface area contributed by atoms with Crippen LogP contribution in [0.5, 0.6) is 0 Å². The summed E-state index contributed by atoms with van der Waals surface area (Å²) in [6.45, 7) is 3.01. The SMILES string of the molecule is CCn1cnnc1CNc1c(Cl)cc(N)cc1C(=O)O. The van der Waals surface area contributed by atoms with Gasteiger partial charge >= 0.3 is 5.97 Å². The first-order valence-electron chi connectivity index (χ1n) is 5.95. The molecular weight excluding hydrogens is 282 g/mol. The summed E-state index contributed by atoms with van der Waals surface area (Å²) in [6, 6.07) is 2.86. The molecule has 0 saturated carbocycles. The fourth-order valence-corrected chi connectivity index (χ4v) is 2.12. The van der Waals surface area contributed by atoms with Gasteiger partial charge in [-0.25, -0.2) is 4.79 Å². The predicted octanol–water partition coefficient (Wildman–Crippen LogP) is 1.84. The number of hydrogen-bond acceptors (Lipinski definition) is 5. The van der Waals surface area contributed by atoms with E-state index in [0.29, 0.717) is 23.7 Å². The van der Waals surface area contributed by atoms with Crippen LogP contribution in [0.4, 0.5) is 11.4 Å². The quantitative estimate of drug-likeness (QED) is 0.727. The lowest BCUT2D eigenvalue weighted by Gasteiger charge is -2.12. The second-order valence-electron chi connectivity index (χ2n) is 4.12. The smallest absolute Gasteiger partial charge is 0.337 e. The van der Waals surface area contributed by atoms with Gasteiger partial charge in [0.25, 0.3) is 0 Å². The number of nitrogen functional groups attached to an aromatic ring is 1. The van der Waals surface area contributed by atoms with Crippen LogP contribution in [-0.2, 0) is 13.1 Å². The van der Waals surface area contributed by atoms with Crippen molar-refractivity contribution in [3.8, 4) is 0 Å². The van der Waals surface area contributed by atoms with E-state index in [2.05, 4.69) is 15.5 Å². The molecule has 1 heterocycles. The highest BCUT2D eigenvalue weighted by atomic mass is 35.5. The third kappa shape index (κ3) is 2.83. The number of rotatable bonds is 5. The van der Waals surface area contributed by atoms with Crippen LogP contribution in [0.3, 0.4) is 0 Å². The molecule has 0 radical (unpaired) electrons. The molecule has 2 aromatic rings. The summed E-state index contributed by atoms with van der Waals surface area (Å²) in [4.78, 5) is 11.2. The highest BCUT2D eigenvalue weighted by Crippen LogP contribution is 2.29. The van der Waals surface area contributed by atoms with Gasteiger partial charge in [-0.1, -0.05) is 11.6 Å². The summed E-state index contributed by atoms with van der Waals surface area (Å²) in [5, 5.41) is 20.2. The Morgan fingerprint density at radius 1 is 1.55 bits per heavy atom. The van der Waals surface area contributed by atoms with Crippen LogP contribution >= 0.6 is 11.6 Å². The largest absolute Gasteiger partial charge is 0.478 e. The molecule has 0 spiro atoms. The summed E-state index contributed by atoms with van der Waals surface area (Å²) in [7, 11) is 0. The van der Waals surface area contributed by atoms with E-state index in [1.807, 2.05) is 11.5 Å². The summed E-state index contributed by atoms with van der Waals surface area (Å²) < 4.78 is 1.85. The van der Waals surface area contributed by atoms with Crippen LogP contribution in [0.25, 0.3) is 0 Å². The maximum Gasteiger partial charge on any atom is 0.337 e. The lowest BCUT2D eigenvalue weighted by Crippen LogP contribution is -2.11. The first-order chi connectivity index (χ1) is 9.52. The Bertz CT molecular complexity index is 641. The molecule has 0 fully saturated rings. The number of carboxylic acids is 1. The first-order valence-corrected chi connectivity index (χ1v) is 6.33. The van der Waals surface area contributed by atoms with Crippen LogP contribution in [0.2, 0.25) is 5.02 Å². The highest BCUT2D eigenvalue weighted by Gasteiger charge is 2.15.